The maximum Gasteiger partial charge on any atom is 0.362 e. The molecule has 1 atom stereocenters. The summed E-state index contributed by atoms with van der Waals surface area (Å²) in [5, 5.41) is 10.7. The Labute approximate surface area is 133 Å². The van der Waals surface area contributed by atoms with Crippen molar-refractivity contribution in [2.45, 2.75) is 5.85 Å². The second kappa shape index (κ2) is 7.27. The van der Waals surface area contributed by atoms with Crippen molar-refractivity contribution in [2.75, 3.05) is 14.2 Å². The van der Waals surface area contributed by atoms with Gasteiger partial charge < -0.3 is 18.9 Å². The molecule has 0 heterocycles. The minimum Gasteiger partial charge on any atom is -0.457 e. The lowest BCUT2D eigenvalue weighted by Gasteiger charge is -2.20. The fraction of sp³-hybridized carbons (Fsp3) is 0.200. The second-order valence-electron chi connectivity index (χ2n) is 4.41. The largest absolute Gasteiger partial charge is 0.457 e. The number of rotatable bonds is 6. The Morgan fingerprint density at radius 1 is 1.05 bits per heavy atom. The van der Waals surface area contributed by atoms with Crippen molar-refractivity contribution in [3.8, 4) is 11.5 Å². The first-order valence-corrected chi connectivity index (χ1v) is 8.40. The van der Waals surface area contributed by atoms with Crippen LogP contribution in [0.5, 0.6) is 11.5 Å². The molecule has 0 aliphatic rings. The summed E-state index contributed by atoms with van der Waals surface area (Å²) in [4.78, 5) is 0. The van der Waals surface area contributed by atoms with Crippen LogP contribution >= 0.6 is 19.2 Å². The summed E-state index contributed by atoms with van der Waals surface area (Å²) >= 11 is 5.90. The van der Waals surface area contributed by atoms with Crippen LogP contribution in [0, 0.1) is 0 Å². The first-order chi connectivity index (χ1) is 10.5. The van der Waals surface area contributed by atoms with E-state index in [0.717, 1.165) is 0 Å². The number of aliphatic hydroxyl groups is 1. The summed E-state index contributed by atoms with van der Waals surface area (Å²) in [6.07, 6.45) is 0. The molecule has 0 amide bonds. The van der Waals surface area contributed by atoms with Crippen LogP contribution in [0.1, 0.15) is 11.4 Å². The molecule has 1 unspecified atom stereocenters. The average molecular weight is 343 g/mol. The third kappa shape index (κ3) is 3.88. The van der Waals surface area contributed by atoms with E-state index >= 15 is 0 Å². The van der Waals surface area contributed by atoms with E-state index in [4.69, 9.17) is 25.4 Å². The molecule has 22 heavy (non-hydrogen) atoms. The lowest BCUT2D eigenvalue weighted by molar-refractivity contribution is 0.176. The maximum atomic E-state index is 12.2. The van der Waals surface area contributed by atoms with Crippen LogP contribution in [-0.2, 0) is 13.6 Å². The molecule has 0 spiro atoms. The molecule has 0 fully saturated rings. The average Bonchev–Trinajstić information content (AvgIpc) is 2.53. The Kier molecular flexibility index (Phi) is 5.62. The van der Waals surface area contributed by atoms with Crippen molar-refractivity contribution in [3.63, 3.8) is 0 Å². The van der Waals surface area contributed by atoms with Crippen LogP contribution in [0.15, 0.2) is 48.5 Å². The van der Waals surface area contributed by atoms with Gasteiger partial charge in [0.25, 0.3) is 0 Å². The topological polar surface area (TPSA) is 65.0 Å². The van der Waals surface area contributed by atoms with Crippen molar-refractivity contribution >= 4 is 19.2 Å². The minimum absolute atomic E-state index is 0.367. The van der Waals surface area contributed by atoms with Crippen LogP contribution in [0.2, 0.25) is 5.02 Å². The van der Waals surface area contributed by atoms with Gasteiger partial charge in [0.05, 0.1) is 0 Å². The zero-order chi connectivity index (χ0) is 16.2. The van der Waals surface area contributed by atoms with E-state index in [1.165, 1.54) is 14.2 Å². The normalized spacial score (nSPS) is 12.9. The van der Waals surface area contributed by atoms with Gasteiger partial charge in [0, 0.05) is 19.2 Å². The summed E-state index contributed by atoms with van der Waals surface area (Å²) in [5.74, 6) is -0.371. The number of halogens is 1. The second-order valence-corrected chi connectivity index (χ2v) is 7.15. The zero-order valence-electron chi connectivity index (χ0n) is 12.1. The summed E-state index contributed by atoms with van der Waals surface area (Å²) in [5.41, 5.74) is 0.367. The van der Waals surface area contributed by atoms with Gasteiger partial charge in [-0.05, 0) is 35.9 Å². The van der Waals surface area contributed by atoms with Gasteiger partial charge in [0.15, 0.2) is 5.85 Å². The molecular formula is C15H16ClO5P. The molecule has 2 aromatic carbocycles. The molecule has 7 heteroatoms. The Hall–Kier alpha value is -1.36. The number of aliphatic hydroxyl groups excluding tert-OH is 1. The fourth-order valence-corrected chi connectivity index (χ4v) is 3.12. The van der Waals surface area contributed by atoms with E-state index in [0.29, 0.717) is 22.1 Å². The van der Waals surface area contributed by atoms with Gasteiger partial charge in [0.1, 0.15) is 11.5 Å². The van der Waals surface area contributed by atoms with Crippen LogP contribution in [0.4, 0.5) is 0 Å². The quantitative estimate of drug-likeness (QED) is 0.777. The Balaban J connectivity index is 2.25. The van der Waals surface area contributed by atoms with Gasteiger partial charge in [-0.25, -0.2) is 0 Å². The van der Waals surface area contributed by atoms with Gasteiger partial charge in [0.2, 0.25) is 0 Å². The van der Waals surface area contributed by atoms with E-state index in [9.17, 15) is 9.67 Å². The molecule has 2 aromatic rings. The number of hydrogen-bond donors (Lipinski definition) is 1. The van der Waals surface area contributed by atoms with E-state index < -0.39 is 13.4 Å². The van der Waals surface area contributed by atoms with Crippen LogP contribution in [-0.4, -0.2) is 19.3 Å². The highest BCUT2D eigenvalue weighted by Gasteiger charge is 2.33. The third-order valence-corrected chi connectivity index (χ3v) is 5.15. The minimum atomic E-state index is -3.63. The molecule has 0 bridgehead atoms. The first kappa shape index (κ1) is 17.0. The molecule has 0 aliphatic carbocycles. The monoisotopic (exact) mass is 342 g/mol. The molecule has 118 valence electrons. The van der Waals surface area contributed by atoms with E-state index in [-0.39, 0.29) is 0 Å². The standard InChI is InChI=1S/C15H16ClO5P/c1-19-22(18,20-2)15(17)11-5-3-7-13(9-11)21-14-8-4-6-12(16)10-14/h3-10,15,17H,1-2H3. The molecule has 0 aliphatic heterocycles. The van der Waals surface area contributed by atoms with Crippen molar-refractivity contribution in [2.24, 2.45) is 0 Å². The fourth-order valence-electron chi connectivity index (χ4n) is 1.86. The summed E-state index contributed by atoms with van der Waals surface area (Å²) in [6.45, 7) is 0. The van der Waals surface area contributed by atoms with Crippen molar-refractivity contribution in [3.05, 3.63) is 59.1 Å². The lowest BCUT2D eigenvalue weighted by Crippen LogP contribution is -2.02. The van der Waals surface area contributed by atoms with Gasteiger partial charge in [-0.2, -0.15) is 0 Å². The number of ether oxygens (including phenoxy) is 1. The van der Waals surface area contributed by atoms with Gasteiger partial charge in [-0.3, -0.25) is 4.57 Å². The number of benzene rings is 2. The maximum absolute atomic E-state index is 12.2. The number of hydrogen-bond acceptors (Lipinski definition) is 5. The van der Waals surface area contributed by atoms with E-state index in [1.54, 1.807) is 48.5 Å². The molecule has 0 saturated heterocycles. The summed E-state index contributed by atoms with van der Waals surface area (Å²) in [7, 11) is -1.18. The first-order valence-electron chi connectivity index (χ1n) is 6.41. The van der Waals surface area contributed by atoms with E-state index in [2.05, 4.69) is 0 Å². The molecular weight excluding hydrogens is 327 g/mol. The van der Waals surface area contributed by atoms with Crippen LogP contribution < -0.4 is 4.74 Å². The SMILES string of the molecule is COP(=O)(OC)C(O)c1cccc(Oc2cccc(Cl)c2)c1. The Bertz CT molecular complexity index is 683. The van der Waals surface area contributed by atoms with Crippen LogP contribution in [0.25, 0.3) is 0 Å². The molecule has 0 radical (unpaired) electrons. The zero-order valence-corrected chi connectivity index (χ0v) is 13.8. The van der Waals surface area contributed by atoms with Gasteiger partial charge in [-0.1, -0.05) is 29.8 Å². The highest BCUT2D eigenvalue weighted by atomic mass is 35.5. The molecule has 1 N–H and O–H groups in total. The van der Waals surface area contributed by atoms with Crippen molar-refractivity contribution in [1.29, 1.82) is 0 Å². The molecule has 2 rings (SSSR count). The predicted octanol–water partition coefficient (Wildman–Crippen LogP) is 4.61. The summed E-state index contributed by atoms with van der Waals surface area (Å²) in [6, 6.07) is 13.5. The van der Waals surface area contributed by atoms with Crippen molar-refractivity contribution in [1.82, 2.24) is 0 Å². The van der Waals surface area contributed by atoms with Gasteiger partial charge in [-0.15, -0.1) is 0 Å². The lowest BCUT2D eigenvalue weighted by atomic mass is 10.2. The van der Waals surface area contributed by atoms with Crippen molar-refractivity contribution < 1.29 is 23.5 Å². The van der Waals surface area contributed by atoms with Crippen LogP contribution in [0.3, 0.4) is 0 Å². The smallest absolute Gasteiger partial charge is 0.362 e. The molecule has 0 aromatic heterocycles. The summed E-state index contributed by atoms with van der Waals surface area (Å²) < 4.78 is 27.5. The highest BCUT2D eigenvalue weighted by molar-refractivity contribution is 7.53. The van der Waals surface area contributed by atoms with Gasteiger partial charge >= 0.3 is 7.60 Å². The predicted molar refractivity (Wildman–Crippen MR) is 84.6 cm³/mol. The third-order valence-electron chi connectivity index (χ3n) is 3.00. The Morgan fingerprint density at radius 3 is 2.23 bits per heavy atom. The highest BCUT2D eigenvalue weighted by Crippen LogP contribution is 2.58. The molecule has 5 nitrogen and oxygen atoms in total. The Morgan fingerprint density at radius 2 is 1.64 bits per heavy atom. The van der Waals surface area contributed by atoms with E-state index in [1.807, 2.05) is 0 Å². The molecule has 0 saturated carbocycles.